The van der Waals surface area contributed by atoms with Gasteiger partial charge in [-0.2, -0.15) is 20.4 Å². The van der Waals surface area contributed by atoms with Crippen LogP contribution in [0, 0.1) is 0 Å². The number of benzene rings is 8. The Morgan fingerprint density at radius 3 is 1.02 bits per heavy atom. The molecule has 4 amide bonds. The number of likely N-dealkylation sites (tertiary alicyclic amines) is 1. The van der Waals surface area contributed by atoms with Crippen LogP contribution in [0.5, 0.6) is 5.75 Å². The van der Waals surface area contributed by atoms with Crippen LogP contribution >= 0.6 is 0 Å². The number of methoxy groups -OCH3 is 2. The minimum Gasteiger partial charge on any atom is -0.497 e. The van der Waals surface area contributed by atoms with E-state index in [1.165, 1.54) is 6.42 Å². The number of hydrogen-bond acceptors (Lipinski definition) is 18. The average molecular weight is 1610 g/mol. The molecule has 8 aromatic carbocycles. The van der Waals surface area contributed by atoms with Gasteiger partial charge in [0, 0.05) is 197 Å². The zero-order valence-corrected chi connectivity index (χ0v) is 68.5. The predicted molar refractivity (Wildman–Crippen MR) is 479 cm³/mol. The normalized spacial score (nSPS) is 14.6. The van der Waals surface area contributed by atoms with Gasteiger partial charge >= 0.3 is 0 Å². The van der Waals surface area contributed by atoms with Crippen LogP contribution in [0.4, 0.5) is 22.7 Å². The monoisotopic (exact) mass is 1610 g/mol. The van der Waals surface area contributed by atoms with Crippen LogP contribution in [0.25, 0.3) is 66.4 Å². The van der Waals surface area contributed by atoms with Crippen molar-refractivity contribution in [1.29, 1.82) is 0 Å². The number of nitrogens with one attached hydrogen (secondary N) is 8. The van der Waals surface area contributed by atoms with Gasteiger partial charge in [-0.05, 0) is 166 Å². The molecule has 618 valence electrons. The van der Waals surface area contributed by atoms with E-state index >= 15 is 0 Å². The third-order valence-electron chi connectivity index (χ3n) is 22.0. The summed E-state index contributed by atoms with van der Waals surface area (Å²) >= 11 is 0. The molecule has 0 bridgehead atoms. The lowest BCUT2D eigenvalue weighted by Gasteiger charge is -2.34. The number of aromatic nitrogens is 10. The van der Waals surface area contributed by atoms with Gasteiger partial charge in [-0.1, -0.05) is 87.8 Å². The summed E-state index contributed by atoms with van der Waals surface area (Å²) in [7, 11) is 3.35. The first-order chi connectivity index (χ1) is 58.6. The molecular weight excluding hydrogens is 1510 g/mol. The topological polar surface area (TPSA) is 290 Å². The van der Waals surface area contributed by atoms with Gasteiger partial charge in [0.15, 0.2) is 0 Å². The summed E-state index contributed by atoms with van der Waals surface area (Å²) in [6.07, 6.45) is 10.1. The maximum Gasteiger partial charge on any atom is 0.253 e. The molecule has 27 heteroatoms. The van der Waals surface area contributed by atoms with Gasteiger partial charge < -0.3 is 54.9 Å². The highest BCUT2D eigenvalue weighted by Gasteiger charge is 2.28. The molecule has 27 nitrogen and oxygen atoms in total. The van der Waals surface area contributed by atoms with E-state index in [0.29, 0.717) is 62.1 Å². The summed E-state index contributed by atoms with van der Waals surface area (Å²) < 4.78 is 12.4. The van der Waals surface area contributed by atoms with Crippen LogP contribution in [0.1, 0.15) is 96.8 Å². The van der Waals surface area contributed by atoms with Crippen LogP contribution in [-0.4, -0.2) is 240 Å². The van der Waals surface area contributed by atoms with Gasteiger partial charge in [-0.3, -0.25) is 54.3 Å². The molecule has 0 saturated carbocycles. The van der Waals surface area contributed by atoms with Crippen LogP contribution in [0.15, 0.2) is 233 Å². The van der Waals surface area contributed by atoms with Crippen LogP contribution in [0.2, 0.25) is 0 Å². The number of fused-ring (bicyclic) bond motifs is 4. The fourth-order valence-electron chi connectivity index (χ4n) is 15.2. The molecule has 0 aliphatic carbocycles. The Hall–Kier alpha value is -13.5. The zero-order chi connectivity index (χ0) is 83.3. The Kier molecular flexibility index (Phi) is 27.8. The Bertz CT molecular complexity index is 5660. The van der Waals surface area contributed by atoms with Crippen molar-refractivity contribution in [2.45, 2.75) is 39.2 Å². The zero-order valence-electron chi connectivity index (χ0n) is 68.5. The van der Waals surface area contributed by atoms with Crippen molar-refractivity contribution in [3.63, 3.8) is 0 Å². The van der Waals surface area contributed by atoms with E-state index in [0.717, 1.165) is 221 Å². The second-order valence-corrected chi connectivity index (χ2v) is 30.1. The minimum atomic E-state index is 0.0528. The largest absolute Gasteiger partial charge is 0.497 e. The highest BCUT2D eigenvalue weighted by atomic mass is 16.5. The van der Waals surface area contributed by atoms with Crippen molar-refractivity contribution in [2.24, 2.45) is 0 Å². The Morgan fingerprint density at radius 1 is 0.375 bits per heavy atom. The number of carbonyl (C=O) groups is 4. The number of H-pyrrole nitrogens is 4. The molecule has 4 fully saturated rings. The number of imidazole rings is 1. The molecule has 0 spiro atoms. The van der Waals surface area contributed by atoms with E-state index in [-0.39, 0.29) is 23.6 Å². The third kappa shape index (κ3) is 20.9. The first kappa shape index (κ1) is 83.0. The van der Waals surface area contributed by atoms with E-state index in [9.17, 15) is 19.2 Å². The SMILES string of the molecule is C=C(Nc1ccc(OC)cc1)c1n[nH]c2ccc(C(=O)N3CCCCC3)cc12.C=C(Nc1ccccc1)c1n[nH]c2ccc(C(=O)N3CCN(CCC)CC3)cc12.C=C(Nc1ccccc1)c1n[nH]c2ccc(C(=O)N3CCN(CCOC)CC3)cc12.C=C(Nc1ccccc1)c1n[nH]c2ccc(C(=O)N3CCN(CCn4ccnc4)CC3)cc12. The smallest absolute Gasteiger partial charge is 0.253 e. The first-order valence-electron chi connectivity index (χ1n) is 41.0. The number of ether oxygens (including phenoxy) is 2. The van der Waals surface area contributed by atoms with Gasteiger partial charge in [-0.25, -0.2) is 4.98 Å². The number of carbonyl (C=O) groups excluding carboxylic acids is 4. The maximum atomic E-state index is 13.2. The average Bonchev–Trinajstić information content (AvgIpc) is 1.78. The quantitative estimate of drug-likeness (QED) is 0.0264. The van der Waals surface area contributed by atoms with Gasteiger partial charge in [0.2, 0.25) is 0 Å². The van der Waals surface area contributed by atoms with Crippen molar-refractivity contribution in [2.75, 3.05) is 153 Å². The molecular formula is C93H105N21O6. The molecule has 0 unspecified atom stereocenters. The lowest BCUT2D eigenvalue weighted by atomic mass is 10.1. The standard InChI is InChI=1S/C25H27N7O.C23H27N5O2.C23H27N5O.C22H24N4O2/c1-19(27-21-5-3-2-4-6-21)24-22-17-20(7-8-23(22)28-29-24)25(33)32-15-13-30(14-16-32)11-12-31-10-9-26-18-31;1-17(24-19-6-4-3-5-7-19)22-20-16-18(8-9-21(20)25-26-22)23(29)28-12-10-27(11-13-28)14-15-30-2;1-3-11-27-12-14-28(15-13-27)23(29)18-9-10-21-20(16-18)22(26-25-21)17(2)24-19-7-5-4-6-8-19;1-15(23-17-7-9-18(28-2)10-8-17)21-19-14-16(6-11-20(19)24-25-21)22(27)26-12-4-3-5-13-26/h2-10,17-18,27H,1,11-16H2,(H,28,29);3-9,16,24H,1,10-15H2,2H3,(H,25,26);4-10,16,24H,2-3,11-15H2,1H3,(H,25,26);6-11,14,23H,1,3-5,12-13H2,2H3,(H,24,25). The Balaban J connectivity index is 0.000000131. The molecule has 9 heterocycles. The summed E-state index contributed by atoms with van der Waals surface area (Å²) in [5.41, 5.74) is 15.6. The van der Waals surface area contributed by atoms with Gasteiger partial charge in [0.25, 0.3) is 23.6 Å². The number of hydrogen-bond donors (Lipinski definition) is 8. The fraction of sp³-hybridized carbons (Fsp3) is 0.280. The van der Waals surface area contributed by atoms with E-state index in [1.54, 1.807) is 20.4 Å². The lowest BCUT2D eigenvalue weighted by Crippen LogP contribution is -2.49. The van der Waals surface area contributed by atoms with Crippen molar-refractivity contribution in [3.05, 3.63) is 278 Å². The van der Waals surface area contributed by atoms with Gasteiger partial charge in [0.05, 0.1) is 64.9 Å². The molecule has 0 radical (unpaired) electrons. The molecule has 4 saturated heterocycles. The van der Waals surface area contributed by atoms with E-state index in [1.807, 2.05) is 220 Å². The number of nitrogens with zero attached hydrogens (tertiary/aromatic N) is 13. The first-order valence-corrected chi connectivity index (χ1v) is 41.0. The maximum absolute atomic E-state index is 13.2. The fourth-order valence-corrected chi connectivity index (χ4v) is 15.2. The molecule has 5 aromatic heterocycles. The summed E-state index contributed by atoms with van der Waals surface area (Å²) in [5, 5.41) is 46.5. The Morgan fingerprint density at radius 2 is 0.700 bits per heavy atom. The van der Waals surface area contributed by atoms with E-state index in [4.69, 9.17) is 9.47 Å². The van der Waals surface area contributed by atoms with E-state index < -0.39 is 0 Å². The van der Waals surface area contributed by atoms with E-state index in [2.05, 4.69) is 120 Å². The summed E-state index contributed by atoms with van der Waals surface area (Å²) in [6, 6.07) is 59.9. The van der Waals surface area contributed by atoms with Crippen LogP contribution in [-0.2, 0) is 11.3 Å². The number of para-hydroxylation sites is 3. The minimum absolute atomic E-state index is 0.0528. The second kappa shape index (κ2) is 40.1. The second-order valence-electron chi connectivity index (χ2n) is 30.1. The highest BCUT2D eigenvalue weighted by molar-refractivity contribution is 6.05. The van der Waals surface area contributed by atoms with Crippen LogP contribution < -0.4 is 26.0 Å². The lowest BCUT2D eigenvalue weighted by molar-refractivity contribution is 0.0592. The Labute approximate surface area is 698 Å². The molecule has 13 aromatic rings. The molecule has 0 atom stereocenters. The molecule has 17 rings (SSSR count). The van der Waals surface area contributed by atoms with Crippen molar-refractivity contribution in [3.8, 4) is 5.75 Å². The molecule has 8 N–H and O–H groups in total. The number of anilines is 4. The summed E-state index contributed by atoms with van der Waals surface area (Å²) in [5.74, 6) is 1.07. The molecule has 120 heavy (non-hydrogen) atoms. The summed E-state index contributed by atoms with van der Waals surface area (Å²) in [6.45, 7) is 34.8. The van der Waals surface area contributed by atoms with Gasteiger partial charge in [-0.15, -0.1) is 0 Å². The number of piperazine rings is 3. The number of piperidine rings is 1. The molecule has 4 aliphatic heterocycles. The highest BCUT2D eigenvalue weighted by Crippen LogP contribution is 2.31. The summed E-state index contributed by atoms with van der Waals surface area (Å²) in [4.78, 5) is 71.1. The number of amides is 4. The third-order valence-corrected chi connectivity index (χ3v) is 22.0. The number of aromatic amines is 4. The molecule has 4 aliphatic rings. The van der Waals surface area contributed by atoms with Gasteiger partial charge in [0.1, 0.15) is 28.5 Å². The van der Waals surface area contributed by atoms with Crippen molar-refractivity contribution < 1.29 is 28.7 Å². The predicted octanol–water partition coefficient (Wildman–Crippen LogP) is 14.4. The number of rotatable bonds is 25. The van der Waals surface area contributed by atoms with Crippen molar-refractivity contribution >= 4 is 113 Å². The van der Waals surface area contributed by atoms with Crippen LogP contribution in [0.3, 0.4) is 0 Å². The van der Waals surface area contributed by atoms with Crippen molar-refractivity contribution in [1.82, 2.24) is 84.6 Å².